The minimum absolute atomic E-state index is 0.0201. The van der Waals surface area contributed by atoms with Crippen LogP contribution in [0.4, 0.5) is 0 Å². The predicted molar refractivity (Wildman–Crippen MR) is 78.3 cm³/mol. The van der Waals surface area contributed by atoms with Crippen LogP contribution in [0.15, 0.2) is 42.5 Å². The van der Waals surface area contributed by atoms with Crippen molar-refractivity contribution < 1.29 is 19.4 Å². The summed E-state index contributed by atoms with van der Waals surface area (Å²) in [4.78, 5) is 12.8. The molecule has 0 aliphatic carbocycles. The highest BCUT2D eigenvalue weighted by Gasteiger charge is 2.37. The lowest BCUT2D eigenvalue weighted by Crippen LogP contribution is -2.34. The van der Waals surface area contributed by atoms with Gasteiger partial charge in [-0.15, -0.1) is 0 Å². The lowest BCUT2D eigenvalue weighted by molar-refractivity contribution is 0.0807. The largest absolute Gasteiger partial charge is 0.508 e. The van der Waals surface area contributed by atoms with Crippen LogP contribution in [0.1, 0.15) is 28.8 Å². The van der Waals surface area contributed by atoms with Gasteiger partial charge in [-0.25, -0.2) is 0 Å². The van der Waals surface area contributed by atoms with Gasteiger partial charge in [0.15, 0.2) is 5.78 Å². The Morgan fingerprint density at radius 3 is 2.71 bits per heavy atom. The maximum Gasteiger partial charge on any atom is 0.177 e. The molecule has 1 aliphatic heterocycles. The second-order valence-corrected chi connectivity index (χ2v) is 5.09. The lowest BCUT2D eigenvalue weighted by atomic mass is 9.84. The normalized spacial score (nSPS) is 20.6. The number of carbonyl (C=O) groups is 1. The van der Waals surface area contributed by atoms with Gasteiger partial charge in [0.1, 0.15) is 23.4 Å². The predicted octanol–water partition coefficient (Wildman–Crippen LogP) is 3.15. The summed E-state index contributed by atoms with van der Waals surface area (Å²) in [5.41, 5.74) is 1.30. The number of hydrogen-bond acceptors (Lipinski definition) is 4. The number of benzene rings is 2. The molecule has 1 heterocycles. The van der Waals surface area contributed by atoms with E-state index in [4.69, 9.17) is 9.47 Å². The van der Waals surface area contributed by atoms with Gasteiger partial charge in [-0.2, -0.15) is 0 Å². The summed E-state index contributed by atoms with van der Waals surface area (Å²) >= 11 is 0. The van der Waals surface area contributed by atoms with Crippen LogP contribution in [-0.4, -0.2) is 24.1 Å². The highest BCUT2D eigenvalue weighted by atomic mass is 16.5. The number of carbonyl (C=O) groups excluding carboxylic acids is 1. The van der Waals surface area contributed by atoms with Crippen LogP contribution in [0.5, 0.6) is 17.2 Å². The SMILES string of the molecule is COc1ccccc1C1C(=O)c2ccc(O)cc2OC1C. The molecule has 2 atom stereocenters. The first-order chi connectivity index (χ1) is 10.1. The molecule has 21 heavy (non-hydrogen) atoms. The first-order valence-corrected chi connectivity index (χ1v) is 6.78. The van der Waals surface area contributed by atoms with Crippen LogP contribution >= 0.6 is 0 Å². The van der Waals surface area contributed by atoms with Gasteiger partial charge in [0.25, 0.3) is 0 Å². The number of ketones is 1. The van der Waals surface area contributed by atoms with E-state index in [1.807, 2.05) is 31.2 Å². The van der Waals surface area contributed by atoms with Gasteiger partial charge in [-0.1, -0.05) is 18.2 Å². The molecule has 0 saturated heterocycles. The number of methoxy groups -OCH3 is 1. The molecule has 0 amide bonds. The standard InChI is InChI=1S/C17H16O4/c1-10-16(12-5-3-4-6-14(12)20-2)17(19)13-8-7-11(18)9-15(13)21-10/h3-10,16,18H,1-2H3. The lowest BCUT2D eigenvalue weighted by Gasteiger charge is -2.31. The van der Waals surface area contributed by atoms with Crippen LogP contribution in [0.2, 0.25) is 0 Å². The average Bonchev–Trinajstić information content (AvgIpc) is 2.47. The van der Waals surface area contributed by atoms with Crippen molar-refractivity contribution in [1.29, 1.82) is 0 Å². The summed E-state index contributed by atoms with van der Waals surface area (Å²) in [6.07, 6.45) is -0.330. The molecule has 1 aliphatic rings. The Bertz CT molecular complexity index is 693. The average molecular weight is 284 g/mol. The van der Waals surface area contributed by atoms with Crippen molar-refractivity contribution in [1.82, 2.24) is 0 Å². The van der Waals surface area contributed by atoms with Gasteiger partial charge < -0.3 is 14.6 Å². The summed E-state index contributed by atoms with van der Waals surface area (Å²) in [5.74, 6) is 0.753. The van der Waals surface area contributed by atoms with Crippen molar-refractivity contribution in [3.63, 3.8) is 0 Å². The third kappa shape index (κ3) is 2.23. The monoisotopic (exact) mass is 284 g/mol. The Labute approximate surface area is 122 Å². The van der Waals surface area contributed by atoms with E-state index >= 15 is 0 Å². The molecule has 2 aromatic rings. The van der Waals surface area contributed by atoms with E-state index < -0.39 is 5.92 Å². The molecular formula is C17H16O4. The van der Waals surface area contributed by atoms with Crippen molar-refractivity contribution >= 4 is 5.78 Å². The van der Waals surface area contributed by atoms with Crippen LogP contribution in [-0.2, 0) is 0 Å². The maximum absolute atomic E-state index is 12.8. The molecule has 4 heteroatoms. The van der Waals surface area contributed by atoms with Crippen molar-refractivity contribution in [2.45, 2.75) is 18.9 Å². The fourth-order valence-electron chi connectivity index (χ4n) is 2.78. The number of rotatable bonds is 2. The van der Waals surface area contributed by atoms with Gasteiger partial charge in [-0.3, -0.25) is 4.79 Å². The minimum Gasteiger partial charge on any atom is -0.508 e. The fraction of sp³-hybridized carbons (Fsp3) is 0.235. The number of hydrogen-bond donors (Lipinski definition) is 1. The third-order valence-corrected chi connectivity index (χ3v) is 3.77. The molecule has 0 spiro atoms. The number of Topliss-reactive ketones (excluding diaryl/α,β-unsaturated/α-hetero) is 1. The van der Waals surface area contributed by atoms with E-state index in [0.717, 1.165) is 5.56 Å². The summed E-state index contributed by atoms with van der Waals surface area (Å²) in [7, 11) is 1.59. The Balaban J connectivity index is 2.08. The van der Waals surface area contributed by atoms with Crippen LogP contribution < -0.4 is 9.47 Å². The van der Waals surface area contributed by atoms with E-state index in [-0.39, 0.29) is 17.6 Å². The van der Waals surface area contributed by atoms with Crippen molar-refractivity contribution in [3.8, 4) is 17.2 Å². The topological polar surface area (TPSA) is 55.8 Å². The highest BCUT2D eigenvalue weighted by molar-refractivity contribution is 6.05. The summed E-state index contributed by atoms with van der Waals surface area (Å²) in [6.45, 7) is 1.85. The third-order valence-electron chi connectivity index (χ3n) is 3.77. The van der Waals surface area contributed by atoms with E-state index in [1.165, 1.54) is 12.1 Å². The molecule has 2 aromatic carbocycles. The zero-order valence-corrected chi connectivity index (χ0v) is 11.9. The molecule has 0 saturated carbocycles. The number of aromatic hydroxyl groups is 1. The Morgan fingerprint density at radius 1 is 1.19 bits per heavy atom. The number of ether oxygens (including phenoxy) is 2. The first-order valence-electron chi connectivity index (χ1n) is 6.78. The fourth-order valence-corrected chi connectivity index (χ4v) is 2.78. The number of phenols is 1. The molecule has 0 aromatic heterocycles. The maximum atomic E-state index is 12.8. The van der Waals surface area contributed by atoms with Gasteiger partial charge >= 0.3 is 0 Å². The van der Waals surface area contributed by atoms with Gasteiger partial charge in [0.2, 0.25) is 0 Å². The molecule has 3 rings (SSSR count). The van der Waals surface area contributed by atoms with E-state index in [0.29, 0.717) is 17.1 Å². The summed E-state index contributed by atoms with van der Waals surface area (Å²) in [6, 6.07) is 12.0. The van der Waals surface area contributed by atoms with Gasteiger partial charge in [0.05, 0.1) is 18.6 Å². The highest BCUT2D eigenvalue weighted by Crippen LogP contribution is 2.40. The Kier molecular flexibility index (Phi) is 3.29. The van der Waals surface area contributed by atoms with Gasteiger partial charge in [0, 0.05) is 11.6 Å². The number of phenolic OH excluding ortho intramolecular Hbond substituents is 1. The smallest absolute Gasteiger partial charge is 0.177 e. The second kappa shape index (κ2) is 5.13. The summed E-state index contributed by atoms with van der Waals surface area (Å²) < 4.78 is 11.2. The molecule has 0 fully saturated rings. The molecule has 108 valence electrons. The molecule has 0 radical (unpaired) electrons. The van der Waals surface area contributed by atoms with Crippen molar-refractivity contribution in [2.24, 2.45) is 0 Å². The van der Waals surface area contributed by atoms with Crippen LogP contribution in [0, 0.1) is 0 Å². The molecule has 2 unspecified atom stereocenters. The minimum atomic E-state index is -0.418. The molecule has 4 nitrogen and oxygen atoms in total. The first kappa shape index (κ1) is 13.5. The van der Waals surface area contributed by atoms with Crippen molar-refractivity contribution in [2.75, 3.05) is 7.11 Å². The Morgan fingerprint density at radius 2 is 1.95 bits per heavy atom. The second-order valence-electron chi connectivity index (χ2n) is 5.09. The Hall–Kier alpha value is -2.49. The molecular weight excluding hydrogens is 268 g/mol. The summed E-state index contributed by atoms with van der Waals surface area (Å²) in [5, 5.41) is 9.51. The van der Waals surface area contributed by atoms with Gasteiger partial charge in [-0.05, 0) is 25.1 Å². The number of fused-ring (bicyclic) bond motifs is 1. The van der Waals surface area contributed by atoms with E-state index in [1.54, 1.807) is 13.2 Å². The number of para-hydroxylation sites is 1. The van der Waals surface area contributed by atoms with Crippen LogP contribution in [0.25, 0.3) is 0 Å². The van der Waals surface area contributed by atoms with Crippen molar-refractivity contribution in [3.05, 3.63) is 53.6 Å². The quantitative estimate of drug-likeness (QED) is 0.920. The van der Waals surface area contributed by atoms with E-state index in [9.17, 15) is 9.90 Å². The zero-order valence-electron chi connectivity index (χ0n) is 11.9. The zero-order chi connectivity index (χ0) is 15.0. The molecule has 1 N–H and O–H groups in total. The van der Waals surface area contributed by atoms with Crippen LogP contribution in [0.3, 0.4) is 0 Å². The molecule has 0 bridgehead atoms. The van der Waals surface area contributed by atoms with E-state index in [2.05, 4.69) is 0 Å².